The molecule has 3 N–H and O–H groups in total. The highest BCUT2D eigenvalue weighted by atomic mass is 16.2. The lowest BCUT2D eigenvalue weighted by molar-refractivity contribution is -0.127. The van der Waals surface area contributed by atoms with E-state index >= 15 is 0 Å². The molecular weight excluding hydrogens is 288 g/mol. The molecule has 5 heteroatoms. The largest absolute Gasteiger partial charge is 0.353 e. The molecule has 2 heterocycles. The van der Waals surface area contributed by atoms with Crippen molar-refractivity contribution in [2.45, 2.75) is 68.9 Å². The van der Waals surface area contributed by atoms with Crippen LogP contribution in [0.15, 0.2) is 0 Å². The third-order valence-electron chi connectivity index (χ3n) is 6.47. The molecule has 0 bridgehead atoms. The minimum atomic E-state index is -0.603. The topological polar surface area (TPSA) is 61.6 Å². The predicted molar refractivity (Wildman–Crippen MR) is 93.3 cm³/mol. The second-order valence-corrected chi connectivity index (χ2v) is 8.12. The number of carbonyl (C=O) groups excluding carboxylic acids is 1. The summed E-state index contributed by atoms with van der Waals surface area (Å²) in [5.41, 5.74) is 5.88. The van der Waals surface area contributed by atoms with Gasteiger partial charge in [-0.1, -0.05) is 19.3 Å². The first-order chi connectivity index (χ1) is 11.0. The number of nitrogens with zero attached hydrogens (tertiary/aromatic N) is 2. The van der Waals surface area contributed by atoms with E-state index in [0.717, 1.165) is 58.2 Å². The standard InChI is InChI=1S/C18H34N4O/c1-21-13-9-17(10-14-21,22-11-5-2-6-12-22)15-20-16(23)18(19)7-3-4-8-18/h2-15,19H2,1H3,(H,20,23). The van der Waals surface area contributed by atoms with Gasteiger partial charge in [0.25, 0.3) is 0 Å². The Hall–Kier alpha value is -0.650. The number of rotatable bonds is 4. The Morgan fingerprint density at radius 1 is 0.957 bits per heavy atom. The van der Waals surface area contributed by atoms with Crippen molar-refractivity contribution in [3.05, 3.63) is 0 Å². The van der Waals surface area contributed by atoms with Gasteiger partial charge < -0.3 is 16.0 Å². The second-order valence-electron chi connectivity index (χ2n) is 8.12. The van der Waals surface area contributed by atoms with Crippen LogP contribution in [-0.2, 0) is 4.79 Å². The van der Waals surface area contributed by atoms with Gasteiger partial charge in [-0.3, -0.25) is 9.69 Å². The Labute approximate surface area is 140 Å². The maximum absolute atomic E-state index is 12.6. The van der Waals surface area contributed by atoms with Gasteiger partial charge in [0.2, 0.25) is 5.91 Å². The molecule has 0 atom stereocenters. The summed E-state index contributed by atoms with van der Waals surface area (Å²) in [5.74, 6) is 0.0883. The lowest BCUT2D eigenvalue weighted by atomic mass is 9.83. The van der Waals surface area contributed by atoms with Crippen molar-refractivity contribution >= 4 is 5.91 Å². The summed E-state index contributed by atoms with van der Waals surface area (Å²) in [4.78, 5) is 17.7. The smallest absolute Gasteiger partial charge is 0.240 e. The number of amides is 1. The summed E-state index contributed by atoms with van der Waals surface area (Å²) in [6.07, 6.45) is 10.1. The molecule has 1 aliphatic carbocycles. The second kappa shape index (κ2) is 7.08. The molecule has 2 saturated heterocycles. The van der Waals surface area contributed by atoms with E-state index in [1.807, 2.05) is 0 Å². The number of hydrogen-bond acceptors (Lipinski definition) is 4. The lowest BCUT2D eigenvalue weighted by Crippen LogP contribution is -2.63. The number of nitrogens with one attached hydrogen (secondary N) is 1. The van der Waals surface area contributed by atoms with E-state index in [0.29, 0.717) is 0 Å². The molecule has 0 aromatic carbocycles. The molecule has 3 rings (SSSR count). The van der Waals surface area contributed by atoms with Crippen LogP contribution in [0, 0.1) is 0 Å². The molecule has 1 amide bonds. The van der Waals surface area contributed by atoms with Crippen LogP contribution in [0.25, 0.3) is 0 Å². The van der Waals surface area contributed by atoms with Crippen LogP contribution in [-0.4, -0.2) is 66.6 Å². The molecule has 132 valence electrons. The van der Waals surface area contributed by atoms with Gasteiger partial charge in [0, 0.05) is 12.1 Å². The van der Waals surface area contributed by atoms with E-state index in [4.69, 9.17) is 5.73 Å². The van der Waals surface area contributed by atoms with Crippen LogP contribution < -0.4 is 11.1 Å². The average molecular weight is 322 g/mol. The first-order valence-electron chi connectivity index (χ1n) is 9.55. The number of hydrogen-bond donors (Lipinski definition) is 2. The molecule has 3 fully saturated rings. The molecule has 0 unspecified atom stereocenters. The van der Waals surface area contributed by atoms with Crippen molar-refractivity contribution in [3.63, 3.8) is 0 Å². The fourth-order valence-electron chi connectivity index (χ4n) is 4.66. The lowest BCUT2D eigenvalue weighted by Gasteiger charge is -2.50. The zero-order valence-corrected chi connectivity index (χ0v) is 14.8. The van der Waals surface area contributed by atoms with Crippen LogP contribution in [0.5, 0.6) is 0 Å². The van der Waals surface area contributed by atoms with Crippen LogP contribution in [0.4, 0.5) is 0 Å². The van der Waals surface area contributed by atoms with Gasteiger partial charge >= 0.3 is 0 Å². The Morgan fingerprint density at radius 3 is 2.17 bits per heavy atom. The molecule has 0 radical (unpaired) electrons. The van der Waals surface area contributed by atoms with Gasteiger partial charge in [0.1, 0.15) is 0 Å². The van der Waals surface area contributed by atoms with Gasteiger partial charge in [-0.2, -0.15) is 0 Å². The summed E-state index contributed by atoms with van der Waals surface area (Å²) < 4.78 is 0. The third kappa shape index (κ3) is 3.72. The first kappa shape index (κ1) is 17.2. The minimum absolute atomic E-state index is 0.0883. The summed E-state index contributed by atoms with van der Waals surface area (Å²) in [6.45, 7) is 5.40. The van der Waals surface area contributed by atoms with E-state index in [1.54, 1.807) is 0 Å². The van der Waals surface area contributed by atoms with Crippen LogP contribution in [0.3, 0.4) is 0 Å². The van der Waals surface area contributed by atoms with Crippen LogP contribution in [0.1, 0.15) is 57.8 Å². The summed E-state index contributed by atoms with van der Waals surface area (Å²) in [5, 5.41) is 3.26. The zero-order valence-electron chi connectivity index (χ0n) is 14.8. The summed E-state index contributed by atoms with van der Waals surface area (Å²) in [6, 6.07) is 0. The highest BCUT2D eigenvalue weighted by molar-refractivity contribution is 5.86. The molecule has 5 nitrogen and oxygen atoms in total. The number of nitrogens with two attached hydrogens (primary N) is 1. The van der Waals surface area contributed by atoms with Crippen molar-refractivity contribution in [1.82, 2.24) is 15.1 Å². The maximum atomic E-state index is 12.6. The van der Waals surface area contributed by atoms with E-state index in [-0.39, 0.29) is 11.4 Å². The van der Waals surface area contributed by atoms with Crippen molar-refractivity contribution in [2.75, 3.05) is 39.8 Å². The first-order valence-corrected chi connectivity index (χ1v) is 9.55. The van der Waals surface area contributed by atoms with Crippen LogP contribution in [0.2, 0.25) is 0 Å². The summed E-state index contributed by atoms with van der Waals surface area (Å²) in [7, 11) is 2.20. The van der Waals surface area contributed by atoms with Gasteiger partial charge in [0.05, 0.1) is 5.54 Å². The third-order valence-corrected chi connectivity index (χ3v) is 6.47. The number of carbonyl (C=O) groups is 1. The normalized spacial score (nSPS) is 28.6. The summed E-state index contributed by atoms with van der Waals surface area (Å²) >= 11 is 0. The maximum Gasteiger partial charge on any atom is 0.240 e. The fourth-order valence-corrected chi connectivity index (χ4v) is 4.66. The molecule has 1 saturated carbocycles. The molecular formula is C18H34N4O. The van der Waals surface area contributed by atoms with E-state index in [2.05, 4.69) is 22.2 Å². The fraction of sp³-hybridized carbons (Fsp3) is 0.944. The Balaban J connectivity index is 1.65. The van der Waals surface area contributed by atoms with Gasteiger partial charge in [-0.15, -0.1) is 0 Å². The quantitative estimate of drug-likeness (QED) is 0.820. The highest BCUT2D eigenvalue weighted by Gasteiger charge is 2.42. The molecule has 0 spiro atoms. The van der Waals surface area contributed by atoms with Crippen molar-refractivity contribution in [1.29, 1.82) is 0 Å². The SMILES string of the molecule is CN1CCC(CNC(=O)C2(N)CCCC2)(N2CCCCC2)CC1. The van der Waals surface area contributed by atoms with Crippen molar-refractivity contribution < 1.29 is 4.79 Å². The highest BCUT2D eigenvalue weighted by Crippen LogP contribution is 2.32. The minimum Gasteiger partial charge on any atom is -0.353 e. The number of likely N-dealkylation sites (tertiary alicyclic amines) is 2. The van der Waals surface area contributed by atoms with Gasteiger partial charge in [-0.05, 0) is 71.8 Å². The molecule has 3 aliphatic rings. The Kier molecular flexibility index (Phi) is 5.29. The Bertz CT molecular complexity index is 405. The van der Waals surface area contributed by atoms with Gasteiger partial charge in [0.15, 0.2) is 0 Å². The van der Waals surface area contributed by atoms with E-state index < -0.39 is 5.54 Å². The predicted octanol–water partition coefficient (Wildman–Crippen LogP) is 1.32. The zero-order chi connectivity index (χ0) is 16.3. The van der Waals surface area contributed by atoms with Crippen molar-refractivity contribution in [3.8, 4) is 0 Å². The molecule has 0 aromatic rings. The van der Waals surface area contributed by atoms with Crippen molar-refractivity contribution in [2.24, 2.45) is 5.73 Å². The average Bonchev–Trinajstić information content (AvgIpc) is 3.03. The monoisotopic (exact) mass is 322 g/mol. The molecule has 0 aromatic heterocycles. The molecule has 2 aliphatic heterocycles. The molecule has 23 heavy (non-hydrogen) atoms. The van der Waals surface area contributed by atoms with Crippen LogP contribution >= 0.6 is 0 Å². The van der Waals surface area contributed by atoms with Gasteiger partial charge in [-0.25, -0.2) is 0 Å². The Morgan fingerprint density at radius 2 is 1.57 bits per heavy atom. The van der Waals surface area contributed by atoms with E-state index in [1.165, 1.54) is 32.4 Å². The van der Waals surface area contributed by atoms with E-state index in [9.17, 15) is 4.79 Å². The number of piperidine rings is 2.